The summed E-state index contributed by atoms with van der Waals surface area (Å²) >= 11 is 0. The van der Waals surface area contributed by atoms with Gasteiger partial charge in [0.1, 0.15) is 5.41 Å². The average molecular weight is 352 g/mol. The summed E-state index contributed by atoms with van der Waals surface area (Å²) in [5.74, 6) is -0.381. The molecule has 0 aromatic heterocycles. The van der Waals surface area contributed by atoms with Crippen LogP contribution >= 0.6 is 0 Å². The van der Waals surface area contributed by atoms with E-state index in [0.717, 1.165) is 22.4 Å². The number of benzene rings is 2. The third-order valence-corrected chi connectivity index (χ3v) is 4.45. The molecular weight excluding hydrogens is 324 g/mol. The fourth-order valence-electron chi connectivity index (χ4n) is 2.83. The van der Waals surface area contributed by atoms with E-state index in [1.165, 1.54) is 0 Å². The van der Waals surface area contributed by atoms with E-state index in [4.69, 9.17) is 0 Å². The molecule has 0 spiro atoms. The lowest BCUT2D eigenvalue weighted by molar-refractivity contribution is -0.135. The molecule has 2 aromatic carbocycles. The zero-order chi connectivity index (χ0) is 19.5. The summed E-state index contributed by atoms with van der Waals surface area (Å²) in [5.41, 5.74) is 3.42. The molecule has 2 aromatic rings. The zero-order valence-electron chi connectivity index (χ0n) is 16.4. The molecule has 26 heavy (non-hydrogen) atoms. The number of carbonyl (C=O) groups is 2. The Balaban J connectivity index is 2.18. The highest BCUT2D eigenvalue weighted by Gasteiger charge is 2.36. The Kier molecular flexibility index (Phi) is 5.86. The van der Waals surface area contributed by atoms with E-state index < -0.39 is 5.41 Å². The number of rotatable bonds is 5. The van der Waals surface area contributed by atoms with Gasteiger partial charge in [0.25, 0.3) is 0 Å². The van der Waals surface area contributed by atoms with Crippen LogP contribution in [-0.2, 0) is 9.59 Å². The molecular formula is C22H28N2O2. The Morgan fingerprint density at radius 1 is 0.885 bits per heavy atom. The molecule has 0 saturated carbocycles. The maximum Gasteiger partial charge on any atom is 0.239 e. The van der Waals surface area contributed by atoms with Gasteiger partial charge in [-0.15, -0.1) is 0 Å². The molecule has 0 heterocycles. The first kappa shape index (κ1) is 19.7. The van der Waals surface area contributed by atoms with Crippen molar-refractivity contribution in [1.29, 1.82) is 0 Å². The van der Waals surface area contributed by atoms with E-state index in [1.807, 2.05) is 56.3 Å². The van der Waals surface area contributed by atoms with E-state index in [-0.39, 0.29) is 17.7 Å². The van der Waals surface area contributed by atoms with Crippen LogP contribution in [0, 0.1) is 19.3 Å². The van der Waals surface area contributed by atoms with Crippen LogP contribution in [0.25, 0.3) is 0 Å². The number of para-hydroxylation sites is 1. The van der Waals surface area contributed by atoms with Crippen LogP contribution in [-0.4, -0.2) is 11.8 Å². The van der Waals surface area contributed by atoms with Crippen molar-refractivity contribution < 1.29 is 9.59 Å². The quantitative estimate of drug-likeness (QED) is 0.742. The van der Waals surface area contributed by atoms with E-state index in [0.29, 0.717) is 5.69 Å². The van der Waals surface area contributed by atoms with Crippen molar-refractivity contribution >= 4 is 23.2 Å². The third kappa shape index (κ3) is 4.51. The van der Waals surface area contributed by atoms with Crippen LogP contribution in [0.1, 0.15) is 50.3 Å². The molecule has 2 N–H and O–H groups in total. The van der Waals surface area contributed by atoms with Crippen molar-refractivity contribution in [3.8, 4) is 0 Å². The molecule has 2 amide bonds. The van der Waals surface area contributed by atoms with Crippen molar-refractivity contribution in [3.63, 3.8) is 0 Å². The second-order valence-corrected chi connectivity index (χ2v) is 7.65. The van der Waals surface area contributed by atoms with Gasteiger partial charge in [-0.2, -0.15) is 0 Å². The average Bonchev–Trinajstić information content (AvgIpc) is 2.53. The van der Waals surface area contributed by atoms with Crippen LogP contribution in [0.15, 0.2) is 42.5 Å². The molecule has 0 aliphatic rings. The monoisotopic (exact) mass is 352 g/mol. The summed E-state index contributed by atoms with van der Waals surface area (Å²) in [4.78, 5) is 25.5. The van der Waals surface area contributed by atoms with Gasteiger partial charge in [0.2, 0.25) is 11.8 Å². The van der Waals surface area contributed by atoms with E-state index in [2.05, 4.69) is 24.5 Å². The van der Waals surface area contributed by atoms with E-state index in [1.54, 1.807) is 13.8 Å². The molecule has 138 valence electrons. The highest BCUT2D eigenvalue weighted by atomic mass is 16.2. The van der Waals surface area contributed by atoms with E-state index >= 15 is 0 Å². The number of carbonyl (C=O) groups excluding carboxylic acids is 2. The van der Waals surface area contributed by atoms with Crippen LogP contribution in [0.3, 0.4) is 0 Å². The minimum absolute atomic E-state index is 0.277. The molecule has 0 saturated heterocycles. The van der Waals surface area contributed by atoms with Crippen LogP contribution in [0.2, 0.25) is 0 Å². The van der Waals surface area contributed by atoms with Gasteiger partial charge in [0.05, 0.1) is 0 Å². The maximum absolute atomic E-state index is 12.8. The van der Waals surface area contributed by atoms with Gasteiger partial charge in [0.15, 0.2) is 0 Å². The normalized spacial score (nSPS) is 11.3. The fourth-order valence-corrected chi connectivity index (χ4v) is 2.83. The van der Waals surface area contributed by atoms with Crippen LogP contribution in [0.4, 0.5) is 11.4 Å². The Morgan fingerprint density at radius 2 is 1.42 bits per heavy atom. The zero-order valence-corrected chi connectivity index (χ0v) is 16.4. The minimum Gasteiger partial charge on any atom is -0.325 e. The highest BCUT2D eigenvalue weighted by molar-refractivity contribution is 6.14. The smallest absolute Gasteiger partial charge is 0.239 e. The number of hydrogen-bond acceptors (Lipinski definition) is 2. The molecule has 0 aliphatic carbocycles. The van der Waals surface area contributed by atoms with Gasteiger partial charge in [-0.25, -0.2) is 0 Å². The Hall–Kier alpha value is -2.62. The van der Waals surface area contributed by atoms with Crippen LogP contribution < -0.4 is 10.6 Å². The summed E-state index contributed by atoms with van der Waals surface area (Å²) in [6.45, 7) is 11.4. The molecule has 0 fully saturated rings. The Labute approximate surface area is 156 Å². The van der Waals surface area contributed by atoms with Crippen molar-refractivity contribution in [2.45, 2.75) is 47.5 Å². The number of hydrogen-bond donors (Lipinski definition) is 2. The first-order chi connectivity index (χ1) is 12.1. The molecule has 0 unspecified atom stereocenters. The first-order valence-electron chi connectivity index (χ1n) is 8.91. The van der Waals surface area contributed by atoms with Crippen molar-refractivity contribution in [2.24, 2.45) is 5.41 Å². The molecule has 0 aliphatic heterocycles. The molecule has 0 atom stereocenters. The molecule has 2 rings (SSSR count). The number of nitrogens with one attached hydrogen (secondary N) is 2. The van der Waals surface area contributed by atoms with Gasteiger partial charge < -0.3 is 10.6 Å². The van der Waals surface area contributed by atoms with Crippen molar-refractivity contribution in [2.75, 3.05) is 10.6 Å². The van der Waals surface area contributed by atoms with Crippen LogP contribution in [0.5, 0.6) is 0 Å². The second kappa shape index (κ2) is 7.73. The number of anilines is 2. The summed E-state index contributed by atoms with van der Waals surface area (Å²) in [6, 6.07) is 13.5. The lowest BCUT2D eigenvalue weighted by atomic mass is 9.90. The van der Waals surface area contributed by atoms with Gasteiger partial charge >= 0.3 is 0 Å². The first-order valence-corrected chi connectivity index (χ1v) is 8.91. The van der Waals surface area contributed by atoms with E-state index in [9.17, 15) is 9.59 Å². The van der Waals surface area contributed by atoms with Crippen molar-refractivity contribution in [3.05, 3.63) is 59.2 Å². The second-order valence-electron chi connectivity index (χ2n) is 7.65. The topological polar surface area (TPSA) is 58.2 Å². The third-order valence-electron chi connectivity index (χ3n) is 4.45. The molecule has 0 radical (unpaired) electrons. The predicted molar refractivity (Wildman–Crippen MR) is 107 cm³/mol. The van der Waals surface area contributed by atoms with Gasteiger partial charge in [0, 0.05) is 11.4 Å². The standard InChI is InChI=1S/C22H28N2O2/c1-14(2)18-9-7-8-10-19(18)24-21(26)22(5,6)20(25)23-17-12-15(3)11-16(4)13-17/h7-14H,1-6H3,(H,23,25)(H,24,26). The SMILES string of the molecule is Cc1cc(C)cc(NC(=O)C(C)(C)C(=O)Nc2ccccc2C(C)C)c1. The predicted octanol–water partition coefficient (Wildman–Crippen LogP) is 5.03. The Morgan fingerprint density at radius 3 is 2.00 bits per heavy atom. The Bertz CT molecular complexity index is 802. The molecule has 4 nitrogen and oxygen atoms in total. The van der Waals surface area contributed by atoms with Gasteiger partial charge in [-0.05, 0) is 68.5 Å². The number of aryl methyl sites for hydroxylation is 2. The van der Waals surface area contributed by atoms with Gasteiger partial charge in [-0.3, -0.25) is 9.59 Å². The summed E-state index contributed by atoms with van der Waals surface area (Å²) < 4.78 is 0. The van der Waals surface area contributed by atoms with Gasteiger partial charge in [-0.1, -0.05) is 38.1 Å². The lowest BCUT2D eigenvalue weighted by Gasteiger charge is -2.24. The molecule has 0 bridgehead atoms. The summed E-state index contributed by atoms with van der Waals surface area (Å²) in [5, 5.41) is 5.79. The number of amides is 2. The maximum atomic E-state index is 12.8. The summed E-state index contributed by atoms with van der Waals surface area (Å²) in [7, 11) is 0. The summed E-state index contributed by atoms with van der Waals surface area (Å²) in [6.07, 6.45) is 0. The minimum atomic E-state index is -1.21. The highest BCUT2D eigenvalue weighted by Crippen LogP contribution is 2.27. The molecule has 4 heteroatoms. The largest absolute Gasteiger partial charge is 0.325 e. The van der Waals surface area contributed by atoms with Crippen molar-refractivity contribution in [1.82, 2.24) is 0 Å². The fraction of sp³-hybridized carbons (Fsp3) is 0.364. The lowest BCUT2D eigenvalue weighted by Crippen LogP contribution is -2.41.